The van der Waals surface area contributed by atoms with Crippen molar-refractivity contribution in [1.82, 2.24) is 4.90 Å². The molecule has 1 aliphatic heterocycles. The number of fused-ring (bicyclic) bond motifs is 2. The van der Waals surface area contributed by atoms with Gasteiger partial charge in [-0.05, 0) is 72.5 Å². The van der Waals surface area contributed by atoms with Crippen LogP contribution >= 0.6 is 0 Å². The van der Waals surface area contributed by atoms with Crippen LogP contribution in [0, 0.1) is 19.7 Å². The Hall–Kier alpha value is -4.46. The maximum atomic E-state index is 13.7. The molecule has 0 radical (unpaired) electrons. The molecule has 36 heavy (non-hydrogen) atoms. The van der Waals surface area contributed by atoms with Crippen molar-refractivity contribution in [3.63, 3.8) is 0 Å². The van der Waals surface area contributed by atoms with Crippen LogP contribution in [0.1, 0.15) is 44.4 Å². The number of hydrogen-bond acceptors (Lipinski definition) is 5. The van der Waals surface area contributed by atoms with E-state index in [1.54, 1.807) is 53.4 Å². The van der Waals surface area contributed by atoms with Gasteiger partial charge in [0.25, 0.3) is 11.8 Å². The molecule has 1 aromatic heterocycles. The molecule has 2 heterocycles. The number of halogens is 1. The smallest absolute Gasteiger partial charge is 0.291 e. The van der Waals surface area contributed by atoms with Gasteiger partial charge in [-0.15, -0.1) is 0 Å². The number of carbonyl (C=O) groups excluding carboxylic acids is 2. The van der Waals surface area contributed by atoms with Gasteiger partial charge in [-0.3, -0.25) is 14.4 Å². The van der Waals surface area contributed by atoms with Gasteiger partial charge in [-0.2, -0.15) is 0 Å². The molecule has 0 bridgehead atoms. The molecule has 2 N–H and O–H groups in total. The number of amides is 2. The van der Waals surface area contributed by atoms with Crippen molar-refractivity contribution in [2.24, 2.45) is 5.73 Å². The number of primary amides is 1. The van der Waals surface area contributed by atoms with Crippen molar-refractivity contribution < 1.29 is 23.1 Å². The second kappa shape index (κ2) is 8.96. The van der Waals surface area contributed by atoms with E-state index >= 15 is 0 Å². The van der Waals surface area contributed by atoms with Crippen molar-refractivity contribution in [2.75, 3.05) is 6.61 Å². The molecule has 1 atom stereocenters. The fourth-order valence-corrected chi connectivity index (χ4v) is 4.47. The third-order valence-corrected chi connectivity index (χ3v) is 6.43. The first kappa shape index (κ1) is 23.3. The van der Waals surface area contributed by atoms with Gasteiger partial charge < -0.3 is 19.8 Å². The number of hydrogen-bond donors (Lipinski definition) is 1. The number of benzene rings is 3. The zero-order valence-corrected chi connectivity index (χ0v) is 19.7. The average Bonchev–Trinajstić information content (AvgIpc) is 3.12. The minimum Gasteiger partial charge on any atom is -0.484 e. The number of ether oxygens (including phenoxy) is 1. The molecule has 5 rings (SSSR count). The van der Waals surface area contributed by atoms with Crippen LogP contribution in [0.2, 0.25) is 0 Å². The van der Waals surface area contributed by atoms with Gasteiger partial charge in [0.1, 0.15) is 17.1 Å². The van der Waals surface area contributed by atoms with Gasteiger partial charge in [0.15, 0.2) is 12.0 Å². The summed E-state index contributed by atoms with van der Waals surface area (Å²) in [6.07, 6.45) is 0. The molecular weight excluding hydrogens is 463 g/mol. The number of aryl methyl sites for hydroxylation is 2. The average molecular weight is 486 g/mol. The van der Waals surface area contributed by atoms with Crippen molar-refractivity contribution in [2.45, 2.75) is 26.4 Å². The monoisotopic (exact) mass is 486 g/mol. The standard InChI is InChI=1S/C28H23FN2O5/c1-15-11-21-22(12-16(15)2)36-27-24(26(21)33)25(18-5-9-20(10-6-18)35-14-23(30)32)31(28(27)34)13-17-3-7-19(29)8-4-17/h3-12,25H,13-14H2,1-2H3,(H2,30,32). The van der Waals surface area contributed by atoms with E-state index in [1.807, 2.05) is 13.8 Å². The van der Waals surface area contributed by atoms with Crippen LogP contribution in [0.15, 0.2) is 69.9 Å². The Morgan fingerprint density at radius 2 is 1.69 bits per heavy atom. The fourth-order valence-electron chi connectivity index (χ4n) is 4.47. The summed E-state index contributed by atoms with van der Waals surface area (Å²) in [6, 6.07) is 15.4. The van der Waals surface area contributed by atoms with Gasteiger partial charge in [0, 0.05) is 6.54 Å². The van der Waals surface area contributed by atoms with E-state index in [2.05, 4.69) is 0 Å². The second-order valence-electron chi connectivity index (χ2n) is 8.89. The van der Waals surface area contributed by atoms with E-state index in [0.717, 1.165) is 11.1 Å². The molecule has 182 valence electrons. The summed E-state index contributed by atoms with van der Waals surface area (Å²) >= 11 is 0. The molecule has 1 aliphatic rings. The van der Waals surface area contributed by atoms with E-state index in [9.17, 15) is 18.8 Å². The summed E-state index contributed by atoms with van der Waals surface area (Å²) in [7, 11) is 0. The topological polar surface area (TPSA) is 103 Å². The number of nitrogens with two attached hydrogens (primary N) is 1. The highest BCUT2D eigenvalue weighted by molar-refractivity contribution is 5.99. The number of nitrogens with zero attached hydrogens (tertiary/aromatic N) is 1. The van der Waals surface area contributed by atoms with Gasteiger partial charge in [0.05, 0.1) is 17.0 Å². The van der Waals surface area contributed by atoms with Crippen LogP contribution in [-0.4, -0.2) is 23.3 Å². The number of rotatable bonds is 6. The fraction of sp³-hybridized carbons (Fsp3) is 0.179. The third kappa shape index (κ3) is 4.11. The predicted molar refractivity (Wildman–Crippen MR) is 131 cm³/mol. The summed E-state index contributed by atoms with van der Waals surface area (Å²) in [4.78, 5) is 39.9. The Kier molecular flexibility index (Phi) is 5.80. The zero-order chi connectivity index (χ0) is 25.6. The maximum absolute atomic E-state index is 13.7. The van der Waals surface area contributed by atoms with Crippen molar-refractivity contribution in [3.05, 3.63) is 110 Å². The highest BCUT2D eigenvalue weighted by Crippen LogP contribution is 2.39. The molecule has 1 unspecified atom stereocenters. The molecule has 8 heteroatoms. The van der Waals surface area contributed by atoms with Crippen LogP contribution in [0.4, 0.5) is 4.39 Å². The lowest BCUT2D eigenvalue weighted by molar-refractivity contribution is -0.119. The van der Waals surface area contributed by atoms with Crippen molar-refractivity contribution >= 4 is 22.8 Å². The molecule has 3 aromatic carbocycles. The quantitative estimate of drug-likeness (QED) is 0.441. The minimum absolute atomic E-state index is 0.00285. The lowest BCUT2D eigenvalue weighted by Crippen LogP contribution is -2.29. The van der Waals surface area contributed by atoms with E-state index < -0.39 is 17.9 Å². The lowest BCUT2D eigenvalue weighted by atomic mass is 9.97. The Bertz CT molecular complexity index is 1560. The van der Waals surface area contributed by atoms with Gasteiger partial charge in [-0.1, -0.05) is 24.3 Å². The Morgan fingerprint density at radius 3 is 2.36 bits per heavy atom. The molecule has 0 saturated heterocycles. The maximum Gasteiger partial charge on any atom is 0.291 e. The van der Waals surface area contributed by atoms with E-state index in [4.69, 9.17) is 14.9 Å². The molecule has 7 nitrogen and oxygen atoms in total. The highest BCUT2D eigenvalue weighted by Gasteiger charge is 2.42. The summed E-state index contributed by atoms with van der Waals surface area (Å²) in [5.41, 5.74) is 8.72. The molecular formula is C28H23FN2O5. The van der Waals surface area contributed by atoms with Gasteiger partial charge >= 0.3 is 0 Å². The van der Waals surface area contributed by atoms with Gasteiger partial charge in [-0.25, -0.2) is 4.39 Å². The third-order valence-electron chi connectivity index (χ3n) is 6.43. The SMILES string of the molecule is Cc1cc2oc3c(c(=O)c2cc1C)C(c1ccc(OCC(N)=O)cc1)N(Cc1ccc(F)cc1)C3=O. The summed E-state index contributed by atoms with van der Waals surface area (Å²) in [5.74, 6) is -0.993. The van der Waals surface area contributed by atoms with Crippen LogP contribution in [0.25, 0.3) is 11.0 Å². The van der Waals surface area contributed by atoms with Crippen LogP contribution in [-0.2, 0) is 11.3 Å². The normalized spacial score (nSPS) is 14.8. The summed E-state index contributed by atoms with van der Waals surface area (Å²) in [5, 5.41) is 0.402. The first-order valence-electron chi connectivity index (χ1n) is 11.4. The van der Waals surface area contributed by atoms with Crippen LogP contribution < -0.4 is 15.9 Å². The molecule has 2 amide bonds. The molecule has 0 aliphatic carbocycles. The van der Waals surface area contributed by atoms with E-state index in [-0.39, 0.29) is 35.7 Å². The number of carbonyl (C=O) groups is 2. The summed E-state index contributed by atoms with van der Waals surface area (Å²) in [6.45, 7) is 3.70. The first-order chi connectivity index (χ1) is 17.2. The molecule has 0 saturated carbocycles. The van der Waals surface area contributed by atoms with Crippen molar-refractivity contribution in [3.8, 4) is 5.75 Å². The predicted octanol–water partition coefficient (Wildman–Crippen LogP) is 4.16. The van der Waals surface area contributed by atoms with Crippen molar-refractivity contribution in [1.29, 1.82) is 0 Å². The Morgan fingerprint density at radius 1 is 1.03 bits per heavy atom. The van der Waals surface area contributed by atoms with Crippen LogP contribution in [0.5, 0.6) is 5.75 Å². The Balaban J connectivity index is 1.64. The Labute approximate surface area is 205 Å². The van der Waals surface area contributed by atoms with Gasteiger partial charge in [0.2, 0.25) is 5.76 Å². The van der Waals surface area contributed by atoms with Crippen LogP contribution in [0.3, 0.4) is 0 Å². The molecule has 4 aromatic rings. The largest absolute Gasteiger partial charge is 0.484 e. The van der Waals surface area contributed by atoms with E-state index in [1.165, 1.54) is 12.1 Å². The lowest BCUT2D eigenvalue weighted by Gasteiger charge is -2.25. The summed E-state index contributed by atoms with van der Waals surface area (Å²) < 4.78 is 24.9. The first-order valence-corrected chi connectivity index (χ1v) is 11.4. The second-order valence-corrected chi connectivity index (χ2v) is 8.89. The molecule has 0 spiro atoms. The zero-order valence-electron chi connectivity index (χ0n) is 19.7. The van der Waals surface area contributed by atoms with E-state index in [0.29, 0.717) is 27.8 Å². The molecule has 0 fully saturated rings. The highest BCUT2D eigenvalue weighted by atomic mass is 19.1. The minimum atomic E-state index is -0.731.